The van der Waals surface area contributed by atoms with Crippen LogP contribution in [0.5, 0.6) is 0 Å². The van der Waals surface area contributed by atoms with Crippen LogP contribution < -0.4 is 5.32 Å². The van der Waals surface area contributed by atoms with E-state index in [1.54, 1.807) is 13.0 Å². The Bertz CT molecular complexity index is 407. The fourth-order valence-corrected chi connectivity index (χ4v) is 1.89. The van der Waals surface area contributed by atoms with Gasteiger partial charge < -0.3 is 19.5 Å². The monoisotopic (exact) mass is 297 g/mol. The van der Waals surface area contributed by atoms with Crippen molar-refractivity contribution in [1.29, 1.82) is 0 Å². The highest BCUT2D eigenvalue weighted by Crippen LogP contribution is 2.15. The van der Waals surface area contributed by atoms with E-state index in [1.165, 1.54) is 19.1 Å². The van der Waals surface area contributed by atoms with Crippen molar-refractivity contribution in [3.63, 3.8) is 0 Å². The van der Waals surface area contributed by atoms with E-state index < -0.39 is 6.10 Å². The van der Waals surface area contributed by atoms with Crippen LogP contribution in [0.15, 0.2) is 24.8 Å². The molecule has 1 heterocycles. The largest absolute Gasteiger partial charge is 0.459 e. The predicted octanol–water partition coefficient (Wildman–Crippen LogP) is 1.32. The molecule has 0 aromatic carbocycles. The number of rotatable bonds is 6. The summed E-state index contributed by atoms with van der Waals surface area (Å²) in [6.07, 6.45) is 4.32. The Morgan fingerprint density at radius 2 is 2.24 bits per heavy atom. The molecule has 0 aromatic heterocycles. The molecule has 1 N–H and O–H groups in total. The van der Waals surface area contributed by atoms with Gasteiger partial charge >= 0.3 is 5.97 Å². The molecule has 0 radical (unpaired) electrons. The molecule has 118 valence electrons. The molecule has 1 rings (SSSR count). The molecule has 21 heavy (non-hydrogen) atoms. The van der Waals surface area contributed by atoms with Gasteiger partial charge in [0.1, 0.15) is 6.10 Å². The van der Waals surface area contributed by atoms with Crippen molar-refractivity contribution in [3.8, 4) is 0 Å². The van der Waals surface area contributed by atoms with Crippen LogP contribution in [0.2, 0.25) is 0 Å². The Labute approximate surface area is 125 Å². The van der Waals surface area contributed by atoms with Crippen molar-refractivity contribution >= 4 is 11.9 Å². The van der Waals surface area contributed by atoms with Crippen LogP contribution in [-0.4, -0.2) is 43.0 Å². The van der Waals surface area contributed by atoms with Crippen molar-refractivity contribution in [2.75, 3.05) is 6.61 Å². The molecule has 4 atom stereocenters. The summed E-state index contributed by atoms with van der Waals surface area (Å²) in [6, 6.07) is -0.216. The van der Waals surface area contributed by atoms with Gasteiger partial charge in [0.15, 0.2) is 6.29 Å². The molecule has 6 heteroatoms. The van der Waals surface area contributed by atoms with E-state index in [4.69, 9.17) is 14.2 Å². The maximum absolute atomic E-state index is 11.8. The number of hydrogen-bond acceptors (Lipinski definition) is 5. The molecule has 6 nitrogen and oxygen atoms in total. The van der Waals surface area contributed by atoms with Crippen molar-refractivity contribution < 1.29 is 23.8 Å². The van der Waals surface area contributed by atoms with Crippen LogP contribution in [-0.2, 0) is 23.8 Å². The third kappa shape index (κ3) is 6.55. The lowest BCUT2D eigenvalue weighted by molar-refractivity contribution is -0.217. The molecular weight excluding hydrogens is 274 g/mol. The average Bonchev–Trinajstić information content (AvgIpc) is 2.39. The number of esters is 1. The van der Waals surface area contributed by atoms with Crippen molar-refractivity contribution in [3.05, 3.63) is 24.8 Å². The molecule has 0 saturated carbocycles. The van der Waals surface area contributed by atoms with E-state index >= 15 is 0 Å². The molecule has 1 saturated heterocycles. The molecule has 0 aliphatic carbocycles. The molecule has 1 amide bonds. The Hall–Kier alpha value is -1.66. The zero-order valence-corrected chi connectivity index (χ0v) is 12.7. The number of ether oxygens (including phenoxy) is 3. The highest BCUT2D eigenvalue weighted by atomic mass is 16.7. The molecule has 0 spiro atoms. The molecule has 1 fully saturated rings. The molecule has 0 bridgehead atoms. The molecule has 1 aliphatic rings. The maximum atomic E-state index is 11.8. The molecule has 1 aliphatic heterocycles. The summed E-state index contributed by atoms with van der Waals surface area (Å²) in [5.41, 5.74) is 0. The number of carbonyl (C=O) groups excluding carboxylic acids is 2. The van der Waals surface area contributed by atoms with Gasteiger partial charge in [-0.25, -0.2) is 0 Å². The smallest absolute Gasteiger partial charge is 0.303 e. The second-order valence-corrected chi connectivity index (χ2v) is 4.92. The highest BCUT2D eigenvalue weighted by molar-refractivity contribution is 5.87. The summed E-state index contributed by atoms with van der Waals surface area (Å²) in [7, 11) is 0. The van der Waals surface area contributed by atoms with E-state index in [9.17, 15) is 9.59 Å². The van der Waals surface area contributed by atoms with E-state index in [0.717, 1.165) is 0 Å². The minimum Gasteiger partial charge on any atom is -0.459 e. The van der Waals surface area contributed by atoms with Gasteiger partial charge in [0, 0.05) is 19.4 Å². The first kappa shape index (κ1) is 17.4. The Morgan fingerprint density at radius 1 is 1.52 bits per heavy atom. The van der Waals surface area contributed by atoms with Crippen LogP contribution in [0.3, 0.4) is 0 Å². The van der Waals surface area contributed by atoms with Crippen LogP contribution in [0, 0.1) is 0 Å². The van der Waals surface area contributed by atoms with Gasteiger partial charge in [0.2, 0.25) is 5.91 Å². The number of amides is 1. The van der Waals surface area contributed by atoms with Gasteiger partial charge in [-0.15, -0.1) is 6.58 Å². The van der Waals surface area contributed by atoms with Crippen molar-refractivity contribution in [2.24, 2.45) is 0 Å². The zero-order valence-electron chi connectivity index (χ0n) is 12.7. The van der Waals surface area contributed by atoms with Gasteiger partial charge in [-0.2, -0.15) is 0 Å². The van der Waals surface area contributed by atoms with Gasteiger partial charge in [0.25, 0.3) is 0 Å². The molecule has 1 unspecified atom stereocenters. The maximum Gasteiger partial charge on any atom is 0.303 e. The van der Waals surface area contributed by atoms with Gasteiger partial charge in [-0.1, -0.05) is 6.08 Å². The van der Waals surface area contributed by atoms with E-state index in [2.05, 4.69) is 11.9 Å². The number of carbonyl (C=O) groups is 2. The highest BCUT2D eigenvalue weighted by Gasteiger charge is 2.28. The lowest BCUT2D eigenvalue weighted by Crippen LogP contribution is -2.51. The Kier molecular flexibility index (Phi) is 7.11. The topological polar surface area (TPSA) is 73.9 Å². The fourth-order valence-electron chi connectivity index (χ4n) is 1.89. The first-order valence-electron chi connectivity index (χ1n) is 6.96. The quantitative estimate of drug-likeness (QED) is 0.455. The van der Waals surface area contributed by atoms with E-state index in [0.29, 0.717) is 13.0 Å². The Balaban J connectivity index is 2.39. The van der Waals surface area contributed by atoms with Crippen molar-refractivity contribution in [1.82, 2.24) is 5.32 Å². The lowest BCUT2D eigenvalue weighted by Gasteiger charge is -2.34. The molecular formula is C15H23NO5. The minimum absolute atomic E-state index is 0.146. The predicted molar refractivity (Wildman–Crippen MR) is 77.4 cm³/mol. The van der Waals surface area contributed by atoms with Gasteiger partial charge in [0.05, 0.1) is 18.8 Å². The summed E-state index contributed by atoms with van der Waals surface area (Å²) in [6.45, 7) is 8.91. The zero-order chi connectivity index (χ0) is 15.8. The number of nitrogens with one attached hydrogen (secondary N) is 1. The van der Waals surface area contributed by atoms with Crippen LogP contribution in [0.25, 0.3) is 0 Å². The third-order valence-corrected chi connectivity index (χ3v) is 2.95. The summed E-state index contributed by atoms with van der Waals surface area (Å²) in [4.78, 5) is 22.5. The standard InChI is InChI=1S/C15H23NO5/c1-5-6-15-19-9-13(11(3)21-15)16-14(18)8-7-10(2)20-12(4)17/h5,7-8,10-11,13,15H,1,6,9H2,2-4H3,(H,16,18)/t10?,11-,13-,15+/m1/s1. The van der Waals surface area contributed by atoms with Crippen molar-refractivity contribution in [2.45, 2.75) is 51.7 Å². The second kappa shape index (κ2) is 8.59. The molecule has 0 aromatic rings. The van der Waals surface area contributed by atoms with Crippen LogP contribution in [0.4, 0.5) is 0 Å². The second-order valence-electron chi connectivity index (χ2n) is 4.92. The average molecular weight is 297 g/mol. The normalized spacial score (nSPS) is 27.1. The summed E-state index contributed by atoms with van der Waals surface area (Å²) >= 11 is 0. The Morgan fingerprint density at radius 3 is 2.81 bits per heavy atom. The third-order valence-electron chi connectivity index (χ3n) is 2.95. The van der Waals surface area contributed by atoms with E-state index in [-0.39, 0.29) is 30.3 Å². The van der Waals surface area contributed by atoms with Crippen LogP contribution >= 0.6 is 0 Å². The SMILES string of the molecule is C=CC[C@H]1OC[C@@H](NC(=O)C=CC(C)OC(C)=O)[C@@H](C)O1. The minimum atomic E-state index is -0.443. The fraction of sp³-hybridized carbons (Fsp3) is 0.600. The first-order chi connectivity index (χ1) is 9.92. The summed E-state index contributed by atoms with van der Waals surface area (Å²) in [5.74, 6) is -0.663. The van der Waals surface area contributed by atoms with Gasteiger partial charge in [-0.05, 0) is 19.9 Å². The lowest BCUT2D eigenvalue weighted by atomic mass is 10.1. The summed E-state index contributed by atoms with van der Waals surface area (Å²) < 4.78 is 16.0. The van der Waals surface area contributed by atoms with Crippen LogP contribution in [0.1, 0.15) is 27.2 Å². The summed E-state index contributed by atoms with van der Waals surface area (Å²) in [5, 5.41) is 2.80. The number of hydrogen-bond donors (Lipinski definition) is 1. The van der Waals surface area contributed by atoms with Gasteiger partial charge in [-0.3, -0.25) is 9.59 Å². The first-order valence-corrected chi connectivity index (χ1v) is 6.96. The van der Waals surface area contributed by atoms with E-state index in [1.807, 2.05) is 6.92 Å².